The molecule has 42 heavy (non-hydrogen) atoms. The lowest BCUT2D eigenvalue weighted by atomic mass is 9.59. The highest BCUT2D eigenvalue weighted by Gasteiger charge is 2.88. The summed E-state index contributed by atoms with van der Waals surface area (Å²) < 4.78 is 12.6. The van der Waals surface area contributed by atoms with Gasteiger partial charge in [-0.2, -0.15) is 0 Å². The molecule has 0 amide bonds. The topological polar surface area (TPSA) is 130 Å². The summed E-state index contributed by atoms with van der Waals surface area (Å²) in [6, 6.07) is 17.0. The minimum absolute atomic E-state index is 0.148. The molecular formula is C34H36O8. The van der Waals surface area contributed by atoms with Crippen molar-refractivity contribution in [2.24, 2.45) is 29.1 Å². The summed E-state index contributed by atoms with van der Waals surface area (Å²) in [7, 11) is 0. The number of fused-ring (bicyclic) bond motifs is 5. The molecule has 8 nitrogen and oxygen atoms in total. The molecule has 0 aliphatic heterocycles. The zero-order chi connectivity index (χ0) is 30.2. The Hall–Kier alpha value is -3.59. The van der Waals surface area contributed by atoms with Crippen LogP contribution in [0.25, 0.3) is 0 Å². The molecule has 0 aromatic heterocycles. The third-order valence-corrected chi connectivity index (χ3v) is 10.5. The number of rotatable bonds is 5. The van der Waals surface area contributed by atoms with E-state index in [2.05, 4.69) is 0 Å². The highest BCUT2D eigenvalue weighted by molar-refractivity contribution is 6.05. The summed E-state index contributed by atoms with van der Waals surface area (Å²) in [4.78, 5) is 40.5. The van der Waals surface area contributed by atoms with E-state index in [1.54, 1.807) is 86.7 Å². The first-order valence-electron chi connectivity index (χ1n) is 14.4. The van der Waals surface area contributed by atoms with Gasteiger partial charge in [0.2, 0.25) is 0 Å². The predicted octanol–water partition coefficient (Wildman–Crippen LogP) is 3.66. The molecule has 2 fully saturated rings. The Bertz CT molecular complexity index is 1510. The molecule has 0 unspecified atom stereocenters. The fourth-order valence-electron chi connectivity index (χ4n) is 8.37. The number of hydrogen-bond donors (Lipinski definition) is 3. The number of aliphatic hydroxyl groups excluding tert-OH is 1. The van der Waals surface area contributed by atoms with Gasteiger partial charge in [0.1, 0.15) is 11.7 Å². The second-order valence-corrected chi connectivity index (χ2v) is 12.9. The van der Waals surface area contributed by atoms with Crippen LogP contribution in [0.4, 0.5) is 0 Å². The zero-order valence-corrected chi connectivity index (χ0v) is 24.1. The Balaban J connectivity index is 1.53. The van der Waals surface area contributed by atoms with Crippen LogP contribution in [0, 0.1) is 29.1 Å². The van der Waals surface area contributed by atoms with Crippen LogP contribution in [0.15, 0.2) is 84.0 Å². The number of hydrogen-bond acceptors (Lipinski definition) is 8. The standard InChI is InChI=1S/C34H36O8/c1-19-15-25-32(39,27(19)36)17-21(18-35)16-24-26-31(3,4)34(26,42-30(38)23-13-9-6-10-14-23)28(20(2)33(24,25)40)41-29(37)22-11-7-5-8-12-22/h5-16,20,24-26,28,35,39-40H,17-18H2,1-4H3/t20-,24+,25-,26-,28-,32-,33-,34-/m1/s1. The van der Waals surface area contributed by atoms with Crippen molar-refractivity contribution in [3.05, 3.63) is 95.1 Å². The third-order valence-electron chi connectivity index (χ3n) is 10.5. The van der Waals surface area contributed by atoms with Crippen molar-refractivity contribution in [1.82, 2.24) is 0 Å². The fourth-order valence-corrected chi connectivity index (χ4v) is 8.37. The maximum absolute atomic E-state index is 13.6. The molecule has 3 N–H and O–H groups in total. The lowest BCUT2D eigenvalue weighted by Gasteiger charge is -2.53. The molecule has 0 radical (unpaired) electrons. The van der Waals surface area contributed by atoms with Crippen LogP contribution in [-0.2, 0) is 14.3 Å². The van der Waals surface area contributed by atoms with E-state index in [1.807, 2.05) is 13.8 Å². The second-order valence-electron chi connectivity index (χ2n) is 12.9. The SMILES string of the molecule is CC1=C[C@H]2[C@@]3(O)[C@H](C)[C@@H](OC(=O)c4ccccc4)[C@]4(OC(=O)c5ccccc5)[C@H]([C@@H]3C=C(CO)C[C@]2(O)C1=O)C4(C)C. The largest absolute Gasteiger partial charge is 0.454 e. The van der Waals surface area contributed by atoms with E-state index in [0.717, 1.165) is 0 Å². The average molecular weight is 573 g/mol. The third kappa shape index (κ3) is 3.68. The molecule has 2 aromatic rings. The summed E-state index contributed by atoms with van der Waals surface area (Å²) in [6.07, 6.45) is 2.07. The van der Waals surface area contributed by atoms with Gasteiger partial charge in [0.05, 0.1) is 23.3 Å². The highest BCUT2D eigenvalue weighted by Crippen LogP contribution is 2.77. The van der Waals surface area contributed by atoms with Crippen LogP contribution in [0.2, 0.25) is 0 Å². The Morgan fingerprint density at radius 2 is 1.50 bits per heavy atom. The molecular weight excluding hydrogens is 536 g/mol. The smallest absolute Gasteiger partial charge is 0.338 e. The van der Waals surface area contributed by atoms with Gasteiger partial charge in [-0.05, 0) is 42.3 Å². The monoisotopic (exact) mass is 572 g/mol. The van der Waals surface area contributed by atoms with Gasteiger partial charge >= 0.3 is 11.9 Å². The molecule has 0 spiro atoms. The van der Waals surface area contributed by atoms with Crippen LogP contribution in [0.5, 0.6) is 0 Å². The van der Waals surface area contributed by atoms with Gasteiger partial charge < -0.3 is 24.8 Å². The van der Waals surface area contributed by atoms with Gasteiger partial charge in [-0.25, -0.2) is 9.59 Å². The van der Waals surface area contributed by atoms with Crippen LogP contribution in [-0.4, -0.2) is 62.6 Å². The number of esters is 2. The first-order chi connectivity index (χ1) is 19.8. The Morgan fingerprint density at radius 3 is 2.07 bits per heavy atom. The first kappa shape index (κ1) is 28.5. The minimum Gasteiger partial charge on any atom is -0.454 e. The van der Waals surface area contributed by atoms with E-state index in [0.29, 0.717) is 22.3 Å². The number of ketones is 1. The van der Waals surface area contributed by atoms with Crippen molar-refractivity contribution in [3.63, 3.8) is 0 Å². The summed E-state index contributed by atoms with van der Waals surface area (Å²) in [5.41, 5.74) is -4.56. The summed E-state index contributed by atoms with van der Waals surface area (Å²) >= 11 is 0. The van der Waals surface area contributed by atoms with E-state index in [1.165, 1.54) is 0 Å². The highest BCUT2D eigenvalue weighted by atomic mass is 16.6. The number of carbonyl (C=O) groups excluding carboxylic acids is 3. The molecule has 0 heterocycles. The number of ether oxygens (including phenoxy) is 2. The molecule has 0 bridgehead atoms. The van der Waals surface area contributed by atoms with Crippen molar-refractivity contribution in [3.8, 4) is 0 Å². The van der Waals surface area contributed by atoms with Crippen molar-refractivity contribution in [1.29, 1.82) is 0 Å². The van der Waals surface area contributed by atoms with Gasteiger partial charge in [-0.1, -0.05) is 69.3 Å². The molecule has 2 aromatic carbocycles. The van der Waals surface area contributed by atoms with Gasteiger partial charge in [0.15, 0.2) is 11.4 Å². The maximum atomic E-state index is 13.6. The molecule has 0 saturated heterocycles. The second kappa shape index (κ2) is 9.46. The summed E-state index contributed by atoms with van der Waals surface area (Å²) in [5, 5.41) is 35.0. The van der Waals surface area contributed by atoms with Gasteiger partial charge in [-0.3, -0.25) is 4.79 Å². The lowest BCUT2D eigenvalue weighted by molar-refractivity contribution is -0.210. The van der Waals surface area contributed by atoms with Crippen molar-refractivity contribution in [2.75, 3.05) is 6.61 Å². The molecule has 2 saturated carbocycles. The van der Waals surface area contributed by atoms with Crippen molar-refractivity contribution < 1.29 is 39.2 Å². The van der Waals surface area contributed by atoms with E-state index < -0.39 is 76.3 Å². The molecule has 6 rings (SSSR count). The van der Waals surface area contributed by atoms with Crippen LogP contribution < -0.4 is 0 Å². The van der Waals surface area contributed by atoms with Gasteiger partial charge in [0, 0.05) is 35.5 Å². The van der Waals surface area contributed by atoms with Gasteiger partial charge in [-0.15, -0.1) is 0 Å². The lowest BCUT2D eigenvalue weighted by Crippen LogP contribution is -2.66. The zero-order valence-electron chi connectivity index (χ0n) is 24.1. The van der Waals surface area contributed by atoms with E-state index >= 15 is 0 Å². The van der Waals surface area contributed by atoms with Gasteiger partial charge in [0.25, 0.3) is 0 Å². The van der Waals surface area contributed by atoms with E-state index in [4.69, 9.17) is 9.47 Å². The number of Topliss-reactive ketones (excluding diaryl/α,β-unsaturated/α-hetero) is 1. The van der Waals surface area contributed by atoms with Crippen LogP contribution >= 0.6 is 0 Å². The quantitative estimate of drug-likeness (QED) is 0.366. The van der Waals surface area contributed by atoms with Crippen molar-refractivity contribution in [2.45, 2.75) is 57.0 Å². The van der Waals surface area contributed by atoms with E-state index in [-0.39, 0.29) is 6.42 Å². The molecule has 4 aliphatic carbocycles. The fraction of sp³-hybridized carbons (Fsp3) is 0.441. The summed E-state index contributed by atoms with van der Waals surface area (Å²) in [6.45, 7) is 6.70. The number of aliphatic hydroxyl groups is 3. The Kier molecular flexibility index (Phi) is 6.42. The van der Waals surface area contributed by atoms with Crippen molar-refractivity contribution >= 4 is 17.7 Å². The predicted molar refractivity (Wildman–Crippen MR) is 152 cm³/mol. The Labute approximate surface area is 244 Å². The molecule has 8 atom stereocenters. The van der Waals surface area contributed by atoms with Crippen LogP contribution in [0.1, 0.15) is 54.8 Å². The summed E-state index contributed by atoms with van der Waals surface area (Å²) in [5.74, 6) is -5.00. The molecule has 220 valence electrons. The maximum Gasteiger partial charge on any atom is 0.338 e. The Morgan fingerprint density at radius 1 is 0.929 bits per heavy atom. The minimum atomic E-state index is -1.98. The molecule has 4 aliphatic rings. The number of benzene rings is 2. The first-order valence-corrected chi connectivity index (χ1v) is 14.4. The number of carbonyl (C=O) groups is 3. The molecule has 8 heteroatoms. The van der Waals surface area contributed by atoms with Crippen LogP contribution in [0.3, 0.4) is 0 Å². The normalized spacial score (nSPS) is 37.7. The average Bonchev–Trinajstić information content (AvgIpc) is 3.41. The van der Waals surface area contributed by atoms with E-state index in [9.17, 15) is 29.7 Å².